The standard InChI is InChI=1S/C18H16N2O2S/c1-5-9-20-12(3)19-17-16(18(20)21)15(11(2)23-17)13-7-6-8-14(10-13)22-4/h1,6-8,10H,9H2,2-4H3. The molecule has 116 valence electrons. The molecule has 5 heteroatoms. The first-order chi connectivity index (χ1) is 11.1. The highest BCUT2D eigenvalue weighted by Gasteiger charge is 2.18. The highest BCUT2D eigenvalue weighted by Crippen LogP contribution is 2.36. The molecule has 3 rings (SSSR count). The van der Waals surface area contributed by atoms with Crippen LogP contribution in [0.1, 0.15) is 10.7 Å². The lowest BCUT2D eigenvalue weighted by molar-refractivity contribution is 0.415. The maximum atomic E-state index is 12.9. The summed E-state index contributed by atoms with van der Waals surface area (Å²) in [6.07, 6.45) is 5.38. The van der Waals surface area contributed by atoms with Crippen molar-refractivity contribution in [3.63, 3.8) is 0 Å². The van der Waals surface area contributed by atoms with E-state index in [-0.39, 0.29) is 12.1 Å². The highest BCUT2D eigenvalue weighted by atomic mass is 32.1. The number of hydrogen-bond acceptors (Lipinski definition) is 4. The smallest absolute Gasteiger partial charge is 0.263 e. The predicted octanol–water partition coefficient (Wildman–Crippen LogP) is 3.38. The first-order valence-corrected chi connectivity index (χ1v) is 7.97. The van der Waals surface area contributed by atoms with Crippen LogP contribution in [0, 0.1) is 26.2 Å². The average Bonchev–Trinajstić information content (AvgIpc) is 2.87. The normalized spacial score (nSPS) is 10.7. The van der Waals surface area contributed by atoms with Crippen LogP contribution in [-0.4, -0.2) is 16.7 Å². The van der Waals surface area contributed by atoms with E-state index in [1.807, 2.05) is 31.2 Å². The average molecular weight is 324 g/mol. The molecule has 0 aliphatic rings. The van der Waals surface area contributed by atoms with Gasteiger partial charge in [-0.3, -0.25) is 9.36 Å². The number of ether oxygens (including phenoxy) is 1. The van der Waals surface area contributed by atoms with Gasteiger partial charge in [0.1, 0.15) is 16.4 Å². The van der Waals surface area contributed by atoms with Crippen LogP contribution in [0.5, 0.6) is 5.75 Å². The molecule has 0 bridgehead atoms. The SMILES string of the molecule is C#CCn1c(C)nc2sc(C)c(-c3cccc(OC)c3)c2c1=O. The molecule has 0 N–H and O–H groups in total. The molecule has 0 aliphatic carbocycles. The van der Waals surface area contributed by atoms with E-state index in [1.54, 1.807) is 14.0 Å². The van der Waals surface area contributed by atoms with Gasteiger partial charge in [0.05, 0.1) is 19.0 Å². The van der Waals surface area contributed by atoms with Gasteiger partial charge in [0.15, 0.2) is 0 Å². The van der Waals surface area contributed by atoms with Crippen molar-refractivity contribution in [2.75, 3.05) is 7.11 Å². The molecule has 0 amide bonds. The Morgan fingerprint density at radius 2 is 2.17 bits per heavy atom. The Morgan fingerprint density at radius 1 is 1.39 bits per heavy atom. The van der Waals surface area contributed by atoms with E-state index >= 15 is 0 Å². The van der Waals surface area contributed by atoms with Crippen molar-refractivity contribution >= 4 is 21.6 Å². The highest BCUT2D eigenvalue weighted by molar-refractivity contribution is 7.19. The summed E-state index contributed by atoms with van der Waals surface area (Å²) in [5, 5.41) is 0.626. The van der Waals surface area contributed by atoms with Crippen molar-refractivity contribution in [1.82, 2.24) is 9.55 Å². The Bertz CT molecular complexity index is 993. The van der Waals surface area contributed by atoms with Crippen molar-refractivity contribution < 1.29 is 4.74 Å². The first-order valence-electron chi connectivity index (χ1n) is 7.15. The number of nitrogens with zero attached hydrogens (tertiary/aromatic N) is 2. The van der Waals surface area contributed by atoms with E-state index in [1.165, 1.54) is 15.9 Å². The van der Waals surface area contributed by atoms with Gasteiger partial charge >= 0.3 is 0 Å². The number of thiophene rings is 1. The third-order valence-electron chi connectivity index (χ3n) is 3.79. The first kappa shape index (κ1) is 15.3. The largest absolute Gasteiger partial charge is 0.497 e. The number of fused-ring (bicyclic) bond motifs is 1. The topological polar surface area (TPSA) is 44.1 Å². The van der Waals surface area contributed by atoms with E-state index < -0.39 is 0 Å². The Hall–Kier alpha value is -2.58. The molecule has 0 saturated carbocycles. The minimum atomic E-state index is -0.0902. The zero-order valence-electron chi connectivity index (χ0n) is 13.2. The summed E-state index contributed by atoms with van der Waals surface area (Å²) in [5.41, 5.74) is 1.77. The molecule has 0 unspecified atom stereocenters. The van der Waals surface area contributed by atoms with Crippen LogP contribution in [-0.2, 0) is 6.54 Å². The Kier molecular flexibility index (Phi) is 3.93. The van der Waals surface area contributed by atoms with Gasteiger partial charge in [-0.15, -0.1) is 17.8 Å². The van der Waals surface area contributed by atoms with Crippen molar-refractivity contribution in [2.24, 2.45) is 0 Å². The lowest BCUT2D eigenvalue weighted by Gasteiger charge is -2.08. The number of aryl methyl sites for hydroxylation is 2. The molecule has 0 fully saturated rings. The molecule has 0 atom stereocenters. The molecule has 2 aromatic heterocycles. The molecule has 3 aromatic rings. The maximum absolute atomic E-state index is 12.9. The Balaban J connectivity index is 2.37. The van der Waals surface area contributed by atoms with E-state index in [2.05, 4.69) is 10.9 Å². The van der Waals surface area contributed by atoms with Gasteiger partial charge in [0.2, 0.25) is 0 Å². The second-order valence-corrected chi connectivity index (χ2v) is 6.40. The molecule has 4 nitrogen and oxygen atoms in total. The van der Waals surface area contributed by atoms with E-state index in [4.69, 9.17) is 11.2 Å². The maximum Gasteiger partial charge on any atom is 0.263 e. The number of aromatic nitrogens is 2. The third-order valence-corrected chi connectivity index (χ3v) is 4.79. The molecular formula is C18H16N2O2S. The quantitative estimate of drug-likeness (QED) is 0.694. The van der Waals surface area contributed by atoms with Crippen LogP contribution in [0.2, 0.25) is 0 Å². The van der Waals surface area contributed by atoms with Crippen molar-refractivity contribution in [3.05, 3.63) is 45.3 Å². The van der Waals surface area contributed by atoms with Crippen molar-refractivity contribution in [1.29, 1.82) is 0 Å². The summed E-state index contributed by atoms with van der Waals surface area (Å²) < 4.78 is 6.83. The van der Waals surface area contributed by atoms with Gasteiger partial charge in [-0.1, -0.05) is 18.1 Å². The Morgan fingerprint density at radius 3 is 2.87 bits per heavy atom. The van der Waals surface area contributed by atoms with E-state index in [0.29, 0.717) is 11.2 Å². The van der Waals surface area contributed by atoms with Crippen LogP contribution < -0.4 is 10.3 Å². The lowest BCUT2D eigenvalue weighted by atomic mass is 10.0. The second-order valence-electron chi connectivity index (χ2n) is 5.20. The van der Waals surface area contributed by atoms with Crippen molar-refractivity contribution in [3.8, 4) is 29.2 Å². The molecule has 2 heterocycles. The summed E-state index contributed by atoms with van der Waals surface area (Å²) in [6.45, 7) is 4.03. The summed E-state index contributed by atoms with van der Waals surface area (Å²) in [4.78, 5) is 19.3. The number of benzene rings is 1. The fourth-order valence-electron chi connectivity index (χ4n) is 2.70. The predicted molar refractivity (Wildman–Crippen MR) is 94.2 cm³/mol. The molecule has 0 aliphatic heterocycles. The minimum absolute atomic E-state index is 0.0902. The molecule has 23 heavy (non-hydrogen) atoms. The zero-order valence-corrected chi connectivity index (χ0v) is 14.0. The minimum Gasteiger partial charge on any atom is -0.497 e. The van der Waals surface area contributed by atoms with Gasteiger partial charge < -0.3 is 4.74 Å². The van der Waals surface area contributed by atoms with Crippen LogP contribution >= 0.6 is 11.3 Å². The molecular weight excluding hydrogens is 308 g/mol. The van der Waals surface area contributed by atoms with Gasteiger partial charge in [-0.25, -0.2) is 4.98 Å². The third kappa shape index (κ3) is 2.51. The summed E-state index contributed by atoms with van der Waals surface area (Å²) in [6, 6.07) is 7.70. The number of terminal acetylenes is 1. The van der Waals surface area contributed by atoms with Gasteiger partial charge in [-0.05, 0) is 31.5 Å². The second kappa shape index (κ2) is 5.90. The fourth-order valence-corrected chi connectivity index (χ4v) is 3.78. The molecule has 0 radical (unpaired) electrons. The monoisotopic (exact) mass is 324 g/mol. The molecule has 1 aromatic carbocycles. The van der Waals surface area contributed by atoms with Crippen molar-refractivity contribution in [2.45, 2.75) is 20.4 Å². The summed E-state index contributed by atoms with van der Waals surface area (Å²) >= 11 is 1.53. The number of hydrogen-bond donors (Lipinski definition) is 0. The van der Waals surface area contributed by atoms with Crippen LogP contribution in [0.4, 0.5) is 0 Å². The van der Waals surface area contributed by atoms with Gasteiger partial charge in [0, 0.05) is 10.4 Å². The summed E-state index contributed by atoms with van der Waals surface area (Å²) in [7, 11) is 1.63. The van der Waals surface area contributed by atoms with Crippen LogP contribution in [0.25, 0.3) is 21.3 Å². The summed E-state index contributed by atoms with van der Waals surface area (Å²) in [5.74, 6) is 3.91. The molecule has 0 saturated heterocycles. The lowest BCUT2D eigenvalue weighted by Crippen LogP contribution is -2.23. The van der Waals surface area contributed by atoms with Crippen LogP contribution in [0.3, 0.4) is 0 Å². The zero-order chi connectivity index (χ0) is 16.6. The number of methoxy groups -OCH3 is 1. The van der Waals surface area contributed by atoms with E-state index in [0.717, 1.165) is 26.6 Å². The molecule has 0 spiro atoms. The van der Waals surface area contributed by atoms with E-state index in [9.17, 15) is 4.79 Å². The van der Waals surface area contributed by atoms with Gasteiger partial charge in [0.25, 0.3) is 5.56 Å². The number of rotatable bonds is 3. The Labute approximate surface area is 138 Å². The van der Waals surface area contributed by atoms with Crippen LogP contribution in [0.15, 0.2) is 29.1 Å². The fraction of sp³-hybridized carbons (Fsp3) is 0.222. The van der Waals surface area contributed by atoms with Gasteiger partial charge in [-0.2, -0.15) is 0 Å².